The molecule has 1 rings (SSSR count). The Balaban J connectivity index is 2.31. The normalized spacial score (nSPS) is 13.1. The first-order chi connectivity index (χ1) is 8.63. The number of likely N-dealkylation sites (N-methyl/N-ethyl adjacent to an activating group) is 1. The molecule has 0 amide bonds. The van der Waals surface area contributed by atoms with Crippen LogP contribution in [0.2, 0.25) is 0 Å². The van der Waals surface area contributed by atoms with E-state index in [9.17, 15) is 4.79 Å². The second-order valence-corrected chi connectivity index (χ2v) is 4.23. The Hall–Kier alpha value is -1.55. The molecule has 0 aromatic carbocycles. The van der Waals surface area contributed by atoms with Crippen molar-refractivity contribution in [3.05, 3.63) is 36.3 Å². The molecule has 1 atom stereocenters. The van der Waals surface area contributed by atoms with E-state index in [1.807, 2.05) is 25.3 Å². The molecule has 0 fully saturated rings. The van der Waals surface area contributed by atoms with Crippen LogP contribution in [0.25, 0.3) is 0 Å². The number of carbonyl (C=O) groups excluding carboxylic acids is 1. The van der Waals surface area contributed by atoms with Crippen molar-refractivity contribution in [1.82, 2.24) is 4.90 Å². The van der Waals surface area contributed by atoms with Crippen LogP contribution in [0.3, 0.4) is 0 Å². The molecule has 0 aliphatic rings. The van der Waals surface area contributed by atoms with E-state index in [1.54, 1.807) is 13.2 Å². The third kappa shape index (κ3) is 5.19. The van der Waals surface area contributed by atoms with Gasteiger partial charge in [-0.25, -0.2) is 4.79 Å². The third-order valence-corrected chi connectivity index (χ3v) is 2.76. The van der Waals surface area contributed by atoms with Crippen LogP contribution in [0.1, 0.15) is 19.6 Å². The van der Waals surface area contributed by atoms with E-state index in [0.717, 1.165) is 12.2 Å². The molecule has 0 aliphatic carbocycles. The third-order valence-electron chi connectivity index (χ3n) is 2.76. The minimum atomic E-state index is -0.287. The summed E-state index contributed by atoms with van der Waals surface area (Å²) >= 11 is 0. The summed E-state index contributed by atoms with van der Waals surface area (Å²) in [6.45, 7) is 5.04. The lowest BCUT2D eigenvalue weighted by atomic mass is 10.2. The van der Waals surface area contributed by atoms with Crippen molar-refractivity contribution in [1.29, 1.82) is 0 Å². The van der Waals surface area contributed by atoms with Crippen LogP contribution in [0.5, 0.6) is 0 Å². The molecule has 0 aliphatic heterocycles. The van der Waals surface area contributed by atoms with Gasteiger partial charge < -0.3 is 9.15 Å². The lowest BCUT2D eigenvalue weighted by Gasteiger charge is -2.22. The van der Waals surface area contributed by atoms with Crippen LogP contribution in [0, 0.1) is 0 Å². The summed E-state index contributed by atoms with van der Waals surface area (Å²) in [6, 6.07) is 4.21. The molecule has 0 spiro atoms. The van der Waals surface area contributed by atoms with Crippen LogP contribution in [0.15, 0.2) is 35.0 Å². The molecule has 0 N–H and O–H groups in total. The van der Waals surface area contributed by atoms with Gasteiger partial charge in [0.15, 0.2) is 0 Å². The van der Waals surface area contributed by atoms with Crippen LogP contribution in [-0.4, -0.2) is 37.1 Å². The van der Waals surface area contributed by atoms with Crippen LogP contribution >= 0.6 is 0 Å². The Bertz CT molecular complexity index is 370. The van der Waals surface area contributed by atoms with Gasteiger partial charge in [-0.15, -0.1) is 0 Å². The maximum Gasteiger partial charge on any atom is 0.330 e. The fourth-order valence-corrected chi connectivity index (χ4v) is 1.56. The molecule has 4 heteroatoms. The largest absolute Gasteiger partial charge is 0.469 e. The Morgan fingerprint density at radius 3 is 3.00 bits per heavy atom. The first-order valence-corrected chi connectivity index (χ1v) is 6.19. The van der Waals surface area contributed by atoms with Gasteiger partial charge in [0.25, 0.3) is 0 Å². The van der Waals surface area contributed by atoms with Crippen LogP contribution < -0.4 is 0 Å². The van der Waals surface area contributed by atoms with Gasteiger partial charge in [-0.1, -0.05) is 6.08 Å². The van der Waals surface area contributed by atoms with Gasteiger partial charge in [0.1, 0.15) is 5.76 Å². The summed E-state index contributed by atoms with van der Waals surface area (Å²) < 4.78 is 10.1. The lowest BCUT2D eigenvalue weighted by molar-refractivity contribution is -0.137. The molecule has 1 heterocycles. The quantitative estimate of drug-likeness (QED) is 0.550. The zero-order valence-corrected chi connectivity index (χ0v) is 11.3. The van der Waals surface area contributed by atoms with Crippen molar-refractivity contribution in [3.63, 3.8) is 0 Å². The molecular weight excluding hydrogens is 230 g/mol. The van der Waals surface area contributed by atoms with Crippen molar-refractivity contribution in [2.45, 2.75) is 26.3 Å². The zero-order valence-electron chi connectivity index (χ0n) is 11.3. The van der Waals surface area contributed by atoms with Gasteiger partial charge in [0.2, 0.25) is 0 Å². The number of carbonyl (C=O) groups is 1. The van der Waals surface area contributed by atoms with Gasteiger partial charge >= 0.3 is 5.97 Å². The SMILES string of the molecule is CCOC(=O)/C=C/CN(C)C(C)Cc1ccco1. The van der Waals surface area contributed by atoms with Crippen molar-refractivity contribution in [2.75, 3.05) is 20.2 Å². The number of nitrogens with zero attached hydrogens (tertiary/aromatic N) is 1. The predicted octanol–water partition coefficient (Wildman–Crippen LogP) is 2.26. The van der Waals surface area contributed by atoms with Gasteiger partial charge in [-0.05, 0) is 33.0 Å². The number of ether oxygens (including phenoxy) is 1. The number of furan rings is 1. The van der Waals surface area contributed by atoms with Crippen LogP contribution in [0.4, 0.5) is 0 Å². The molecule has 0 radical (unpaired) electrons. The van der Waals surface area contributed by atoms with Crippen molar-refractivity contribution < 1.29 is 13.9 Å². The second kappa shape index (κ2) is 7.71. The van der Waals surface area contributed by atoms with Crippen molar-refractivity contribution in [3.8, 4) is 0 Å². The molecule has 0 bridgehead atoms. The monoisotopic (exact) mass is 251 g/mol. The van der Waals surface area contributed by atoms with E-state index in [1.165, 1.54) is 6.08 Å². The number of esters is 1. The molecule has 0 saturated heterocycles. The number of hydrogen-bond acceptors (Lipinski definition) is 4. The van der Waals surface area contributed by atoms with Gasteiger partial charge in [-0.2, -0.15) is 0 Å². The Morgan fingerprint density at radius 1 is 1.61 bits per heavy atom. The average Bonchev–Trinajstić information content (AvgIpc) is 2.82. The Labute approximate surface area is 108 Å². The Kier molecular flexibility index (Phi) is 6.22. The molecule has 1 aromatic heterocycles. The predicted molar refractivity (Wildman–Crippen MR) is 70.3 cm³/mol. The fourth-order valence-electron chi connectivity index (χ4n) is 1.56. The van der Waals surface area contributed by atoms with E-state index in [-0.39, 0.29) is 5.97 Å². The Morgan fingerprint density at radius 2 is 2.39 bits per heavy atom. The van der Waals surface area contributed by atoms with Crippen LogP contribution in [-0.2, 0) is 16.0 Å². The highest BCUT2D eigenvalue weighted by Gasteiger charge is 2.10. The molecule has 1 unspecified atom stereocenters. The van der Waals surface area contributed by atoms with Crippen molar-refractivity contribution >= 4 is 5.97 Å². The van der Waals surface area contributed by atoms with E-state index >= 15 is 0 Å². The topological polar surface area (TPSA) is 42.7 Å². The minimum absolute atomic E-state index is 0.287. The molecule has 18 heavy (non-hydrogen) atoms. The van der Waals surface area contributed by atoms with Gasteiger partial charge in [0, 0.05) is 25.1 Å². The van der Waals surface area contributed by atoms with Gasteiger partial charge in [-0.3, -0.25) is 4.90 Å². The number of rotatable bonds is 7. The summed E-state index contributed by atoms with van der Waals surface area (Å²) in [6.07, 6.45) is 5.83. The highest BCUT2D eigenvalue weighted by Crippen LogP contribution is 2.07. The summed E-state index contributed by atoms with van der Waals surface area (Å²) in [7, 11) is 2.02. The molecule has 1 aromatic rings. The van der Waals surface area contributed by atoms with E-state index < -0.39 is 0 Å². The van der Waals surface area contributed by atoms with E-state index in [0.29, 0.717) is 19.2 Å². The van der Waals surface area contributed by atoms with E-state index in [4.69, 9.17) is 9.15 Å². The second-order valence-electron chi connectivity index (χ2n) is 4.23. The molecule has 4 nitrogen and oxygen atoms in total. The highest BCUT2D eigenvalue weighted by atomic mass is 16.5. The minimum Gasteiger partial charge on any atom is -0.469 e. The maximum absolute atomic E-state index is 11.1. The average molecular weight is 251 g/mol. The number of hydrogen-bond donors (Lipinski definition) is 0. The fraction of sp³-hybridized carbons (Fsp3) is 0.500. The first kappa shape index (κ1) is 14.5. The summed E-state index contributed by atoms with van der Waals surface area (Å²) in [5.74, 6) is 0.688. The standard InChI is InChI=1S/C14H21NO3/c1-4-17-14(16)8-5-9-15(3)12(2)11-13-7-6-10-18-13/h5-8,10,12H,4,9,11H2,1-3H3/b8-5+. The van der Waals surface area contributed by atoms with E-state index in [2.05, 4.69) is 11.8 Å². The molecule has 0 saturated carbocycles. The maximum atomic E-state index is 11.1. The smallest absolute Gasteiger partial charge is 0.330 e. The summed E-state index contributed by atoms with van der Waals surface area (Å²) in [5.41, 5.74) is 0. The summed E-state index contributed by atoms with van der Waals surface area (Å²) in [5, 5.41) is 0. The molecule has 100 valence electrons. The zero-order chi connectivity index (χ0) is 13.4. The van der Waals surface area contributed by atoms with Gasteiger partial charge in [0.05, 0.1) is 12.9 Å². The summed E-state index contributed by atoms with van der Waals surface area (Å²) in [4.78, 5) is 13.3. The molecular formula is C14H21NO3. The first-order valence-electron chi connectivity index (χ1n) is 6.19. The van der Waals surface area contributed by atoms with Crippen molar-refractivity contribution in [2.24, 2.45) is 0 Å². The lowest BCUT2D eigenvalue weighted by Crippen LogP contribution is -2.30. The highest BCUT2D eigenvalue weighted by molar-refractivity contribution is 5.81.